The number of hydrogen-bond acceptors (Lipinski definition) is 7. The van der Waals surface area contributed by atoms with E-state index in [1.54, 1.807) is 0 Å². The first-order valence-electron chi connectivity index (χ1n) is 13.8. The van der Waals surface area contributed by atoms with Crippen LogP contribution in [0.15, 0.2) is 24.4 Å². The highest BCUT2D eigenvalue weighted by Crippen LogP contribution is 2.58. The number of ether oxygens (including phenoxy) is 3. The van der Waals surface area contributed by atoms with E-state index in [0.29, 0.717) is 5.69 Å². The second-order valence-electron chi connectivity index (χ2n) is 13.2. The van der Waals surface area contributed by atoms with Gasteiger partial charge in [-0.3, -0.25) is 9.78 Å². The van der Waals surface area contributed by atoms with E-state index in [4.69, 9.17) is 24.5 Å². The van der Waals surface area contributed by atoms with Crippen LogP contribution in [0, 0.1) is 16.7 Å². The Morgan fingerprint density at radius 3 is 2.36 bits per heavy atom. The van der Waals surface area contributed by atoms with Crippen molar-refractivity contribution in [2.45, 2.75) is 109 Å². The lowest BCUT2D eigenvalue weighted by molar-refractivity contribution is -0.242. The number of aromatic nitrogens is 3. The van der Waals surface area contributed by atoms with E-state index < -0.39 is 22.9 Å². The molecule has 2 aromatic heterocycles. The summed E-state index contributed by atoms with van der Waals surface area (Å²) in [4.78, 5) is 25.1. The first-order chi connectivity index (χ1) is 18.3. The van der Waals surface area contributed by atoms with E-state index in [0.717, 1.165) is 49.1 Å². The molecule has 5 atom stereocenters. The summed E-state index contributed by atoms with van der Waals surface area (Å²) in [5.74, 6) is -0.778. The number of allylic oxidation sites excluding steroid dienone is 2. The molecular formula is C30H37N5O4. The highest BCUT2D eigenvalue weighted by atomic mass is 16.8. The summed E-state index contributed by atoms with van der Waals surface area (Å²) in [5.41, 5.74) is 3.02. The molecule has 0 radical (unpaired) electrons. The minimum absolute atomic E-state index is 0.0941. The molecule has 2 N–H and O–H groups in total. The average molecular weight is 532 g/mol. The Morgan fingerprint density at radius 2 is 1.77 bits per heavy atom. The molecule has 1 amide bonds. The fourth-order valence-electron chi connectivity index (χ4n) is 6.89. The van der Waals surface area contributed by atoms with Crippen LogP contribution < -0.4 is 5.32 Å². The second-order valence-corrected chi connectivity index (χ2v) is 13.2. The number of amides is 1. The largest absolute Gasteiger partial charge is 0.363 e. The van der Waals surface area contributed by atoms with Gasteiger partial charge in [0.2, 0.25) is 0 Å². The van der Waals surface area contributed by atoms with Gasteiger partial charge in [0, 0.05) is 17.8 Å². The Kier molecular flexibility index (Phi) is 5.85. The Hall–Kier alpha value is -3.06. The molecule has 2 aromatic rings. The number of nitrogens with zero attached hydrogens (tertiary/aromatic N) is 3. The molecule has 3 fully saturated rings. The Bertz CT molecular complexity index is 1380. The zero-order valence-corrected chi connectivity index (χ0v) is 23.6. The third-order valence-corrected chi connectivity index (χ3v) is 8.84. The van der Waals surface area contributed by atoms with Crippen LogP contribution in [0.5, 0.6) is 0 Å². The van der Waals surface area contributed by atoms with Crippen molar-refractivity contribution in [2.24, 2.45) is 5.41 Å². The zero-order valence-electron chi connectivity index (χ0n) is 23.6. The number of hydrogen-bond donors (Lipinski definition) is 2. The van der Waals surface area contributed by atoms with Crippen molar-refractivity contribution in [2.75, 3.05) is 5.32 Å². The lowest BCUT2D eigenvalue weighted by Gasteiger charge is -2.43. The lowest BCUT2D eigenvalue weighted by atomic mass is 9.77. The number of imidazole rings is 1. The molecule has 0 saturated carbocycles. The van der Waals surface area contributed by atoms with Crippen LogP contribution in [-0.2, 0) is 14.2 Å². The SMILES string of the molecule is CC1(C)CC=C(c2nc([C@H]3CC4(C)O[C@@](C)(C3)C3OC(C)(C)O[C@@H]34)ccc2NC(=O)c2nc(C#N)c[nH]2)CC1. The topological polar surface area (TPSA) is 122 Å². The van der Waals surface area contributed by atoms with E-state index in [2.05, 4.69) is 49.1 Å². The van der Waals surface area contributed by atoms with Gasteiger partial charge in [-0.05, 0) is 82.9 Å². The molecule has 6 rings (SSSR count). The average Bonchev–Trinajstić information content (AvgIpc) is 3.52. The standard InChI is InChI=1S/C30H37N5O4/c1-27(2)11-9-17(10-12-27)22-21(35-26(36)25-32-16-19(15-31)33-25)8-7-20(34-22)18-13-29(5)23-24(30(6,14-18)39-29)38-28(3,4)37-23/h7-9,16,18,23-24H,10-14H2,1-6H3,(H,32,33)(H,35,36)/t18-,23-,24?,29?,30-/m0/s1. The fraction of sp³-hybridized carbons (Fsp3) is 0.600. The molecule has 2 unspecified atom stereocenters. The van der Waals surface area contributed by atoms with Gasteiger partial charge in [0.15, 0.2) is 17.3 Å². The summed E-state index contributed by atoms with van der Waals surface area (Å²) in [6.45, 7) is 12.8. The van der Waals surface area contributed by atoms with Gasteiger partial charge in [-0.25, -0.2) is 4.98 Å². The Labute approximate surface area is 229 Å². The maximum absolute atomic E-state index is 13.0. The van der Waals surface area contributed by atoms with Gasteiger partial charge in [0.05, 0.1) is 22.6 Å². The number of aromatic amines is 1. The van der Waals surface area contributed by atoms with E-state index >= 15 is 0 Å². The molecule has 9 nitrogen and oxygen atoms in total. The summed E-state index contributed by atoms with van der Waals surface area (Å²) in [7, 11) is 0. The monoisotopic (exact) mass is 531 g/mol. The molecule has 39 heavy (non-hydrogen) atoms. The number of nitrogens with one attached hydrogen (secondary N) is 2. The van der Waals surface area contributed by atoms with Crippen LogP contribution in [0.1, 0.15) is 107 Å². The quantitative estimate of drug-likeness (QED) is 0.537. The van der Waals surface area contributed by atoms with Crippen LogP contribution in [0.25, 0.3) is 5.57 Å². The van der Waals surface area contributed by atoms with E-state index in [-0.39, 0.29) is 35.1 Å². The minimum atomic E-state index is -0.622. The number of carbonyl (C=O) groups is 1. The summed E-state index contributed by atoms with van der Waals surface area (Å²) < 4.78 is 19.3. The van der Waals surface area contributed by atoms with Crippen LogP contribution >= 0.6 is 0 Å². The van der Waals surface area contributed by atoms with Crippen LogP contribution in [0.3, 0.4) is 0 Å². The number of anilines is 1. The first kappa shape index (κ1) is 26.2. The predicted molar refractivity (Wildman–Crippen MR) is 145 cm³/mol. The summed E-state index contributed by atoms with van der Waals surface area (Å²) in [6.07, 6.45) is 7.86. The second kappa shape index (κ2) is 8.72. The van der Waals surface area contributed by atoms with Gasteiger partial charge in [0.25, 0.3) is 5.91 Å². The van der Waals surface area contributed by atoms with Crippen molar-refractivity contribution in [3.05, 3.63) is 47.3 Å². The molecule has 4 aliphatic rings. The molecule has 3 saturated heterocycles. The van der Waals surface area contributed by atoms with Gasteiger partial charge in [-0.15, -0.1) is 0 Å². The number of nitriles is 1. The van der Waals surface area contributed by atoms with Gasteiger partial charge in [-0.1, -0.05) is 19.9 Å². The molecule has 206 valence electrons. The van der Waals surface area contributed by atoms with Crippen LogP contribution in [0.2, 0.25) is 0 Å². The highest BCUT2D eigenvalue weighted by molar-refractivity contribution is 6.03. The van der Waals surface area contributed by atoms with E-state index in [1.165, 1.54) is 6.20 Å². The van der Waals surface area contributed by atoms with Crippen molar-refractivity contribution in [1.82, 2.24) is 15.0 Å². The molecule has 0 spiro atoms. The Balaban J connectivity index is 1.33. The molecule has 9 heteroatoms. The van der Waals surface area contributed by atoms with Crippen molar-refractivity contribution >= 4 is 17.2 Å². The maximum Gasteiger partial charge on any atom is 0.291 e. The van der Waals surface area contributed by atoms with E-state index in [9.17, 15) is 4.79 Å². The first-order valence-corrected chi connectivity index (χ1v) is 13.8. The maximum atomic E-state index is 13.0. The number of rotatable bonds is 4. The van der Waals surface area contributed by atoms with Gasteiger partial charge in [-0.2, -0.15) is 5.26 Å². The number of fused-ring (bicyclic) bond motifs is 5. The summed E-state index contributed by atoms with van der Waals surface area (Å²) in [5, 5.41) is 12.1. The summed E-state index contributed by atoms with van der Waals surface area (Å²) >= 11 is 0. The predicted octanol–water partition coefficient (Wildman–Crippen LogP) is 5.47. The fourth-order valence-corrected chi connectivity index (χ4v) is 6.89. The Morgan fingerprint density at radius 1 is 1.08 bits per heavy atom. The van der Waals surface area contributed by atoms with Crippen LogP contribution in [0.4, 0.5) is 5.69 Å². The normalized spacial score (nSPS) is 34.2. The van der Waals surface area contributed by atoms with Gasteiger partial charge >= 0.3 is 0 Å². The lowest BCUT2D eigenvalue weighted by Crippen LogP contribution is -2.46. The van der Waals surface area contributed by atoms with Crippen molar-refractivity contribution in [3.8, 4) is 6.07 Å². The zero-order chi connectivity index (χ0) is 27.8. The van der Waals surface area contributed by atoms with Gasteiger partial charge in [0.1, 0.15) is 18.3 Å². The summed E-state index contributed by atoms with van der Waals surface area (Å²) in [6, 6.07) is 5.91. The molecule has 1 aliphatic carbocycles. The minimum Gasteiger partial charge on any atom is -0.363 e. The smallest absolute Gasteiger partial charge is 0.291 e. The van der Waals surface area contributed by atoms with Crippen molar-refractivity contribution in [3.63, 3.8) is 0 Å². The van der Waals surface area contributed by atoms with Crippen LogP contribution in [-0.4, -0.2) is 50.1 Å². The number of pyridine rings is 1. The third kappa shape index (κ3) is 4.58. The van der Waals surface area contributed by atoms with E-state index in [1.807, 2.05) is 32.0 Å². The molecular weight excluding hydrogens is 494 g/mol. The number of H-pyrrole nitrogens is 1. The molecule has 5 heterocycles. The van der Waals surface area contributed by atoms with Crippen molar-refractivity contribution < 1.29 is 19.0 Å². The number of carbonyl (C=O) groups excluding carboxylic acids is 1. The molecule has 0 aromatic carbocycles. The highest BCUT2D eigenvalue weighted by Gasteiger charge is 2.68. The van der Waals surface area contributed by atoms with Crippen molar-refractivity contribution in [1.29, 1.82) is 5.26 Å². The third-order valence-electron chi connectivity index (χ3n) is 8.84. The molecule has 3 aliphatic heterocycles. The van der Waals surface area contributed by atoms with Gasteiger partial charge < -0.3 is 24.5 Å². The molecule has 2 bridgehead atoms.